The SMILES string of the molecule is O=C(Cc1cc(-c2ccccc2)on1)NC1(CO)CCCC1. The molecular formula is C17H20N2O3. The van der Waals surface area contributed by atoms with E-state index in [0.29, 0.717) is 11.5 Å². The molecule has 1 amide bonds. The Kier molecular flexibility index (Phi) is 4.24. The summed E-state index contributed by atoms with van der Waals surface area (Å²) in [5, 5.41) is 16.5. The van der Waals surface area contributed by atoms with Crippen LogP contribution >= 0.6 is 0 Å². The third-order valence-corrected chi connectivity index (χ3v) is 4.23. The molecule has 1 aliphatic carbocycles. The summed E-state index contributed by atoms with van der Waals surface area (Å²) in [5.74, 6) is 0.532. The quantitative estimate of drug-likeness (QED) is 0.888. The average Bonchev–Trinajstić information content (AvgIpc) is 3.18. The van der Waals surface area contributed by atoms with Crippen LogP contribution < -0.4 is 5.32 Å². The maximum absolute atomic E-state index is 12.2. The molecule has 1 aromatic carbocycles. The lowest BCUT2D eigenvalue weighted by Crippen LogP contribution is -2.49. The fourth-order valence-corrected chi connectivity index (χ4v) is 3.01. The van der Waals surface area contributed by atoms with Crippen LogP contribution in [0.4, 0.5) is 0 Å². The summed E-state index contributed by atoms with van der Waals surface area (Å²) >= 11 is 0. The number of nitrogens with one attached hydrogen (secondary N) is 1. The van der Waals surface area contributed by atoms with Crippen LogP contribution in [0.15, 0.2) is 40.9 Å². The first-order chi connectivity index (χ1) is 10.7. The molecule has 1 saturated carbocycles. The highest BCUT2D eigenvalue weighted by atomic mass is 16.5. The first-order valence-corrected chi connectivity index (χ1v) is 7.64. The molecule has 2 N–H and O–H groups in total. The lowest BCUT2D eigenvalue weighted by atomic mass is 9.98. The third-order valence-electron chi connectivity index (χ3n) is 4.23. The highest BCUT2D eigenvalue weighted by molar-refractivity contribution is 5.79. The van der Waals surface area contributed by atoms with E-state index in [2.05, 4.69) is 10.5 Å². The molecule has 1 heterocycles. The fourth-order valence-electron chi connectivity index (χ4n) is 3.01. The summed E-state index contributed by atoms with van der Waals surface area (Å²) < 4.78 is 5.29. The molecule has 0 bridgehead atoms. The number of rotatable bonds is 5. The minimum absolute atomic E-state index is 0.00712. The number of hydrogen-bond donors (Lipinski definition) is 2. The minimum atomic E-state index is -0.441. The Morgan fingerprint density at radius 2 is 2.00 bits per heavy atom. The lowest BCUT2D eigenvalue weighted by molar-refractivity contribution is -0.123. The van der Waals surface area contributed by atoms with E-state index in [1.807, 2.05) is 30.3 Å². The van der Waals surface area contributed by atoms with Gasteiger partial charge in [0.25, 0.3) is 0 Å². The van der Waals surface area contributed by atoms with Crippen LogP contribution in [0.1, 0.15) is 31.4 Å². The van der Waals surface area contributed by atoms with Crippen LogP contribution in [0.5, 0.6) is 0 Å². The molecule has 0 radical (unpaired) electrons. The van der Waals surface area contributed by atoms with Crippen molar-refractivity contribution in [3.05, 3.63) is 42.1 Å². The van der Waals surface area contributed by atoms with E-state index in [1.165, 1.54) is 0 Å². The molecule has 1 aromatic heterocycles. The van der Waals surface area contributed by atoms with E-state index in [9.17, 15) is 9.90 Å². The molecule has 0 aliphatic heterocycles. The van der Waals surface area contributed by atoms with Crippen LogP contribution in [0.2, 0.25) is 0 Å². The van der Waals surface area contributed by atoms with Gasteiger partial charge in [0.2, 0.25) is 5.91 Å². The molecule has 5 heteroatoms. The van der Waals surface area contributed by atoms with Crippen LogP contribution in [0.25, 0.3) is 11.3 Å². The molecule has 0 spiro atoms. The first kappa shape index (κ1) is 14.8. The molecule has 5 nitrogen and oxygen atoms in total. The predicted molar refractivity (Wildman–Crippen MR) is 82.1 cm³/mol. The second kappa shape index (κ2) is 6.32. The summed E-state index contributed by atoms with van der Waals surface area (Å²) in [6, 6.07) is 11.4. The van der Waals surface area contributed by atoms with Gasteiger partial charge in [0, 0.05) is 11.6 Å². The van der Waals surface area contributed by atoms with Crippen LogP contribution in [-0.4, -0.2) is 28.3 Å². The maximum atomic E-state index is 12.2. The summed E-state index contributed by atoms with van der Waals surface area (Å²) in [5.41, 5.74) is 1.09. The number of hydrogen-bond acceptors (Lipinski definition) is 4. The van der Waals surface area contributed by atoms with Crippen molar-refractivity contribution in [3.63, 3.8) is 0 Å². The van der Waals surface area contributed by atoms with E-state index in [1.54, 1.807) is 6.07 Å². The zero-order valence-electron chi connectivity index (χ0n) is 12.4. The Balaban J connectivity index is 1.64. The number of carbonyl (C=O) groups is 1. The fraction of sp³-hybridized carbons (Fsp3) is 0.412. The van der Waals surface area contributed by atoms with Gasteiger partial charge in [-0.05, 0) is 12.8 Å². The van der Waals surface area contributed by atoms with Gasteiger partial charge in [-0.25, -0.2) is 0 Å². The van der Waals surface area contributed by atoms with Crippen molar-refractivity contribution >= 4 is 5.91 Å². The standard InChI is InChI=1S/C17H20N2O3/c20-12-17(8-4-5-9-17)18-16(21)11-14-10-15(22-19-14)13-6-2-1-3-7-13/h1-3,6-7,10,20H,4-5,8-9,11-12H2,(H,18,21). The zero-order chi connectivity index (χ0) is 15.4. The number of aromatic nitrogens is 1. The number of benzene rings is 1. The summed E-state index contributed by atoms with van der Waals surface area (Å²) in [6.07, 6.45) is 3.93. The van der Waals surface area contributed by atoms with Gasteiger partial charge in [-0.15, -0.1) is 0 Å². The van der Waals surface area contributed by atoms with Gasteiger partial charge in [-0.2, -0.15) is 0 Å². The largest absolute Gasteiger partial charge is 0.394 e. The molecule has 3 rings (SSSR count). The number of aliphatic hydroxyl groups is 1. The molecule has 1 fully saturated rings. The number of amides is 1. The summed E-state index contributed by atoms with van der Waals surface area (Å²) in [6.45, 7) is -0.00712. The maximum Gasteiger partial charge on any atom is 0.226 e. The van der Waals surface area contributed by atoms with Crippen molar-refractivity contribution in [2.75, 3.05) is 6.61 Å². The van der Waals surface area contributed by atoms with E-state index < -0.39 is 5.54 Å². The van der Waals surface area contributed by atoms with Crippen molar-refractivity contribution in [2.45, 2.75) is 37.6 Å². The molecule has 116 valence electrons. The van der Waals surface area contributed by atoms with Gasteiger partial charge >= 0.3 is 0 Å². The van der Waals surface area contributed by atoms with Crippen molar-refractivity contribution < 1.29 is 14.4 Å². The Morgan fingerprint density at radius 1 is 1.27 bits per heavy atom. The van der Waals surface area contributed by atoms with E-state index in [-0.39, 0.29) is 18.9 Å². The number of nitrogens with zero attached hydrogens (tertiary/aromatic N) is 1. The van der Waals surface area contributed by atoms with E-state index in [4.69, 9.17) is 4.52 Å². The zero-order valence-corrected chi connectivity index (χ0v) is 12.4. The van der Waals surface area contributed by atoms with E-state index in [0.717, 1.165) is 31.2 Å². The van der Waals surface area contributed by atoms with Gasteiger partial charge in [0.05, 0.1) is 24.3 Å². The highest BCUT2D eigenvalue weighted by Crippen LogP contribution is 2.29. The second-order valence-corrected chi connectivity index (χ2v) is 5.92. The van der Waals surface area contributed by atoms with Crippen molar-refractivity contribution in [1.82, 2.24) is 10.5 Å². The van der Waals surface area contributed by atoms with Crippen molar-refractivity contribution in [1.29, 1.82) is 0 Å². The number of carbonyl (C=O) groups excluding carboxylic acids is 1. The van der Waals surface area contributed by atoms with Crippen LogP contribution in [0.3, 0.4) is 0 Å². The molecular weight excluding hydrogens is 280 g/mol. The molecule has 1 aliphatic rings. The van der Waals surface area contributed by atoms with Crippen molar-refractivity contribution in [3.8, 4) is 11.3 Å². The third kappa shape index (κ3) is 3.20. The lowest BCUT2D eigenvalue weighted by Gasteiger charge is -2.27. The predicted octanol–water partition coefficient (Wildman–Crippen LogP) is 2.31. The molecule has 0 atom stereocenters. The minimum Gasteiger partial charge on any atom is -0.394 e. The van der Waals surface area contributed by atoms with Gasteiger partial charge in [-0.1, -0.05) is 48.3 Å². The monoisotopic (exact) mass is 300 g/mol. The van der Waals surface area contributed by atoms with E-state index >= 15 is 0 Å². The Labute approximate surface area is 129 Å². The van der Waals surface area contributed by atoms with Crippen molar-refractivity contribution in [2.24, 2.45) is 0 Å². The molecule has 0 saturated heterocycles. The Morgan fingerprint density at radius 3 is 2.68 bits per heavy atom. The van der Waals surface area contributed by atoms with Gasteiger partial charge in [0.1, 0.15) is 0 Å². The average molecular weight is 300 g/mol. The van der Waals surface area contributed by atoms with Gasteiger partial charge in [0.15, 0.2) is 5.76 Å². The van der Waals surface area contributed by atoms with Gasteiger partial charge in [-0.3, -0.25) is 4.79 Å². The molecule has 2 aromatic rings. The topological polar surface area (TPSA) is 75.4 Å². The first-order valence-electron chi connectivity index (χ1n) is 7.64. The smallest absolute Gasteiger partial charge is 0.226 e. The van der Waals surface area contributed by atoms with Crippen LogP contribution in [0, 0.1) is 0 Å². The van der Waals surface area contributed by atoms with Gasteiger partial charge < -0.3 is 14.9 Å². The summed E-state index contributed by atoms with van der Waals surface area (Å²) in [7, 11) is 0. The second-order valence-electron chi connectivity index (χ2n) is 5.92. The molecule has 22 heavy (non-hydrogen) atoms. The Bertz CT molecular complexity index is 630. The number of aliphatic hydroxyl groups excluding tert-OH is 1. The highest BCUT2D eigenvalue weighted by Gasteiger charge is 2.34. The Hall–Kier alpha value is -2.14. The van der Waals surface area contributed by atoms with Crippen LogP contribution in [-0.2, 0) is 11.2 Å². The normalized spacial score (nSPS) is 16.6. The summed E-state index contributed by atoms with van der Waals surface area (Å²) in [4.78, 5) is 12.2. The molecule has 0 unspecified atom stereocenters.